The minimum atomic E-state index is -0.435. The molecule has 0 amide bonds. The summed E-state index contributed by atoms with van der Waals surface area (Å²) in [4.78, 5) is 16.0. The number of alkyl halides is 1. The number of anilines is 1. The number of fused-ring (bicyclic) bond motifs is 2. The normalized spacial score (nSPS) is 16.4. The molecule has 3 aromatic heterocycles. The van der Waals surface area contributed by atoms with Crippen LogP contribution < -0.4 is 4.90 Å². The molecule has 0 radical (unpaired) electrons. The molecule has 6 rings (SSSR count). The Bertz CT molecular complexity index is 1230. The molecule has 2 fully saturated rings. The maximum absolute atomic E-state index is 11.5. The van der Waals surface area contributed by atoms with Crippen molar-refractivity contribution < 1.29 is 13.9 Å². The van der Waals surface area contributed by atoms with E-state index in [9.17, 15) is 9.50 Å². The zero-order valence-electron chi connectivity index (χ0n) is 17.5. The number of halogens is 1. The van der Waals surface area contributed by atoms with Gasteiger partial charge in [0, 0.05) is 31.6 Å². The molecular weight excluding hydrogens is 395 g/mol. The van der Waals surface area contributed by atoms with Crippen LogP contribution in [0.25, 0.3) is 33.4 Å². The smallest absolute Gasteiger partial charge is 0.192 e. The molecule has 1 aromatic carbocycles. The summed E-state index contributed by atoms with van der Waals surface area (Å²) in [7, 11) is 0. The van der Waals surface area contributed by atoms with Crippen molar-refractivity contribution in [1.29, 1.82) is 0 Å². The Labute approximate surface area is 179 Å². The fourth-order valence-corrected chi connectivity index (χ4v) is 3.91. The summed E-state index contributed by atoms with van der Waals surface area (Å²) in [6.45, 7) is 3.91. The molecule has 6 nitrogen and oxygen atoms in total. The van der Waals surface area contributed by atoms with Crippen molar-refractivity contribution in [3.05, 3.63) is 42.3 Å². The number of phenolic OH excluding ortho intramolecular Hbond substituents is 1. The maximum Gasteiger partial charge on any atom is 0.192 e. The highest BCUT2D eigenvalue weighted by Crippen LogP contribution is 2.33. The molecule has 1 N–H and O–H groups in total. The van der Waals surface area contributed by atoms with E-state index in [0.29, 0.717) is 28.2 Å². The number of aromatic nitrogens is 3. The van der Waals surface area contributed by atoms with Crippen LogP contribution in [0.3, 0.4) is 0 Å². The van der Waals surface area contributed by atoms with Gasteiger partial charge in [0.15, 0.2) is 11.5 Å². The molecule has 1 saturated carbocycles. The molecule has 1 aliphatic carbocycles. The minimum absolute atomic E-state index is 0.138. The van der Waals surface area contributed by atoms with Crippen molar-refractivity contribution >= 4 is 28.0 Å². The monoisotopic (exact) mass is 420 g/mol. The summed E-state index contributed by atoms with van der Waals surface area (Å²) in [5.74, 6) is 1.71. The van der Waals surface area contributed by atoms with Gasteiger partial charge in [0.25, 0.3) is 0 Å². The SMILES string of the molecule is Cc1nc2cc(O)c(-c3ccc4nc(N5CCCC5)ccc4n3)cc2o1.FC1CCC1. The summed E-state index contributed by atoms with van der Waals surface area (Å²) in [6.07, 6.45) is 4.76. The van der Waals surface area contributed by atoms with Crippen LogP contribution in [0.4, 0.5) is 10.2 Å². The van der Waals surface area contributed by atoms with Crippen LogP contribution in [-0.4, -0.2) is 39.3 Å². The van der Waals surface area contributed by atoms with Crippen LogP contribution in [0.1, 0.15) is 38.0 Å². The van der Waals surface area contributed by atoms with Gasteiger partial charge < -0.3 is 14.4 Å². The second kappa shape index (κ2) is 8.13. The lowest BCUT2D eigenvalue weighted by molar-refractivity contribution is 0.211. The van der Waals surface area contributed by atoms with E-state index < -0.39 is 6.17 Å². The Kier molecular flexibility index (Phi) is 5.18. The van der Waals surface area contributed by atoms with Crippen molar-refractivity contribution in [3.8, 4) is 17.0 Å². The second-order valence-corrected chi connectivity index (χ2v) is 8.20. The average Bonchev–Trinajstić information content (AvgIpc) is 3.40. The van der Waals surface area contributed by atoms with Crippen LogP contribution >= 0.6 is 0 Å². The van der Waals surface area contributed by atoms with Crippen molar-refractivity contribution in [2.75, 3.05) is 18.0 Å². The summed E-state index contributed by atoms with van der Waals surface area (Å²) in [5, 5.41) is 10.4. The lowest BCUT2D eigenvalue weighted by Gasteiger charge is -2.16. The number of benzene rings is 1. The van der Waals surface area contributed by atoms with E-state index in [0.717, 1.165) is 49.2 Å². The molecule has 1 aliphatic heterocycles. The van der Waals surface area contributed by atoms with Crippen LogP contribution in [0, 0.1) is 6.92 Å². The molecule has 0 bridgehead atoms. The average molecular weight is 420 g/mol. The van der Waals surface area contributed by atoms with Gasteiger partial charge in [-0.1, -0.05) is 0 Å². The molecule has 7 heteroatoms. The van der Waals surface area contributed by atoms with Crippen molar-refractivity contribution in [2.24, 2.45) is 0 Å². The van der Waals surface area contributed by atoms with Gasteiger partial charge in [-0.05, 0) is 62.4 Å². The lowest BCUT2D eigenvalue weighted by atomic mass is 9.98. The van der Waals surface area contributed by atoms with Gasteiger partial charge in [0.05, 0.1) is 16.7 Å². The Morgan fingerprint density at radius 2 is 1.65 bits per heavy atom. The first kappa shape index (κ1) is 19.7. The lowest BCUT2D eigenvalue weighted by Crippen LogP contribution is -2.18. The van der Waals surface area contributed by atoms with Gasteiger partial charge in [-0.25, -0.2) is 19.3 Å². The number of aromatic hydroxyl groups is 1. The van der Waals surface area contributed by atoms with E-state index in [1.165, 1.54) is 12.8 Å². The van der Waals surface area contributed by atoms with E-state index >= 15 is 0 Å². The molecule has 0 unspecified atom stereocenters. The van der Waals surface area contributed by atoms with E-state index in [2.05, 4.69) is 14.9 Å². The van der Waals surface area contributed by atoms with E-state index in [1.807, 2.05) is 24.3 Å². The van der Waals surface area contributed by atoms with Crippen LogP contribution in [-0.2, 0) is 0 Å². The summed E-state index contributed by atoms with van der Waals surface area (Å²) >= 11 is 0. The summed E-state index contributed by atoms with van der Waals surface area (Å²) in [5.41, 5.74) is 4.25. The molecular formula is C24H25FN4O2. The topological polar surface area (TPSA) is 75.3 Å². The highest BCUT2D eigenvalue weighted by Gasteiger charge is 2.16. The highest BCUT2D eigenvalue weighted by atomic mass is 19.1. The largest absolute Gasteiger partial charge is 0.507 e. The van der Waals surface area contributed by atoms with Gasteiger partial charge in [0.1, 0.15) is 23.3 Å². The van der Waals surface area contributed by atoms with Crippen LogP contribution in [0.5, 0.6) is 5.75 Å². The van der Waals surface area contributed by atoms with Crippen LogP contribution in [0.2, 0.25) is 0 Å². The third-order valence-corrected chi connectivity index (χ3v) is 5.88. The highest BCUT2D eigenvalue weighted by molar-refractivity contribution is 5.86. The van der Waals surface area contributed by atoms with Crippen LogP contribution in [0.15, 0.2) is 40.8 Å². The Morgan fingerprint density at radius 1 is 0.935 bits per heavy atom. The fourth-order valence-electron chi connectivity index (χ4n) is 3.91. The van der Waals surface area contributed by atoms with Gasteiger partial charge in [-0.15, -0.1) is 0 Å². The Morgan fingerprint density at radius 3 is 2.35 bits per heavy atom. The van der Waals surface area contributed by atoms with E-state index in [1.54, 1.807) is 19.1 Å². The number of pyridine rings is 2. The van der Waals surface area contributed by atoms with E-state index in [-0.39, 0.29) is 5.75 Å². The Balaban J connectivity index is 0.000000361. The first-order valence-electron chi connectivity index (χ1n) is 10.8. The van der Waals surface area contributed by atoms with Crippen molar-refractivity contribution in [2.45, 2.75) is 45.2 Å². The predicted molar refractivity (Wildman–Crippen MR) is 119 cm³/mol. The molecule has 4 heterocycles. The number of rotatable bonds is 2. The third-order valence-electron chi connectivity index (χ3n) is 5.88. The molecule has 1 saturated heterocycles. The standard InChI is InChI=1S/C20H18N4O2.C4H7F/c1-12-21-17-11-18(25)13(10-19(17)26-12)14-4-5-16-15(22-14)6-7-20(23-16)24-8-2-3-9-24;5-4-2-1-3-4/h4-7,10-11,25H,2-3,8-9H2,1H3;4H,1-3H2. The van der Waals surface area contributed by atoms with E-state index in [4.69, 9.17) is 9.40 Å². The number of oxazole rings is 1. The first-order valence-corrected chi connectivity index (χ1v) is 10.8. The quantitative estimate of drug-likeness (QED) is 0.458. The number of hydrogen-bond donors (Lipinski definition) is 1. The van der Waals surface area contributed by atoms with Gasteiger partial charge >= 0.3 is 0 Å². The minimum Gasteiger partial charge on any atom is -0.507 e. The molecule has 0 spiro atoms. The van der Waals surface area contributed by atoms with Gasteiger partial charge in [0.2, 0.25) is 0 Å². The molecule has 2 aliphatic rings. The van der Waals surface area contributed by atoms with Gasteiger partial charge in [-0.2, -0.15) is 0 Å². The van der Waals surface area contributed by atoms with Gasteiger partial charge in [-0.3, -0.25) is 0 Å². The first-order chi connectivity index (χ1) is 15.1. The molecule has 160 valence electrons. The molecule has 4 aromatic rings. The summed E-state index contributed by atoms with van der Waals surface area (Å²) < 4.78 is 17.1. The summed E-state index contributed by atoms with van der Waals surface area (Å²) in [6, 6.07) is 11.2. The zero-order chi connectivity index (χ0) is 21.4. The second-order valence-electron chi connectivity index (χ2n) is 8.20. The maximum atomic E-state index is 11.5. The fraction of sp³-hybridized carbons (Fsp3) is 0.375. The number of nitrogens with zero attached hydrogens (tertiary/aromatic N) is 4. The third kappa shape index (κ3) is 4.04. The Hall–Kier alpha value is -3.22. The molecule has 31 heavy (non-hydrogen) atoms. The zero-order valence-corrected chi connectivity index (χ0v) is 17.5. The number of aryl methyl sites for hydroxylation is 1. The number of hydrogen-bond acceptors (Lipinski definition) is 6. The molecule has 0 atom stereocenters. The van der Waals surface area contributed by atoms with Crippen molar-refractivity contribution in [1.82, 2.24) is 15.0 Å². The predicted octanol–water partition coefficient (Wildman–Crippen LogP) is 5.56. The van der Waals surface area contributed by atoms with Crippen molar-refractivity contribution in [3.63, 3.8) is 0 Å². The number of phenols is 1.